The topological polar surface area (TPSA) is 58.6 Å². The third-order valence-electron chi connectivity index (χ3n) is 0.504. The van der Waals surface area contributed by atoms with Crippen molar-refractivity contribution in [2.24, 2.45) is 0 Å². The third-order valence-corrected chi connectivity index (χ3v) is 0.504. The van der Waals surface area contributed by atoms with Crippen molar-refractivity contribution in [2.75, 3.05) is 0 Å². The zero-order valence-electron chi connectivity index (χ0n) is 3.46. The molecule has 0 radical (unpaired) electrons. The number of H-pyrrole nitrogens is 1. The van der Waals surface area contributed by atoms with E-state index in [9.17, 15) is 4.79 Å². The van der Waals surface area contributed by atoms with Crippen molar-refractivity contribution in [3.05, 3.63) is 23.1 Å². The van der Waals surface area contributed by atoms with E-state index in [1.807, 2.05) is 0 Å². The lowest BCUT2D eigenvalue weighted by atomic mass is 11.1. The Morgan fingerprint density at radius 2 is 2.57 bits per heavy atom. The third kappa shape index (κ3) is 0.819. The quantitative estimate of drug-likeness (QED) is 0.459. The van der Waals surface area contributed by atoms with Gasteiger partial charge in [0.15, 0.2) is 0 Å². The van der Waals surface area contributed by atoms with Gasteiger partial charge in [-0.3, -0.25) is 4.98 Å². The molecule has 1 aromatic heterocycles. The lowest BCUT2D eigenvalue weighted by Crippen LogP contribution is -2.07. The Hall–Kier alpha value is -1.19. The molecule has 4 nitrogen and oxygen atoms in total. The van der Waals surface area contributed by atoms with Crippen LogP contribution in [0.15, 0.2) is 17.4 Å². The summed E-state index contributed by atoms with van der Waals surface area (Å²) in [5, 5.41) is 0. The van der Waals surface area contributed by atoms with Crippen LogP contribution in [0.5, 0.6) is 0 Å². The second-order valence-corrected chi connectivity index (χ2v) is 0.972. The Balaban J connectivity index is 3.28. The number of hydrogen-bond acceptors (Lipinski definition) is 3. The smallest absolute Gasteiger partial charge is 0.296 e. The molecule has 0 saturated carbocycles. The second kappa shape index (κ2) is 1.51. The molecule has 0 unspecified atom stereocenters. The van der Waals surface area contributed by atoms with Crippen molar-refractivity contribution in [3.63, 3.8) is 0 Å². The van der Waals surface area contributed by atoms with Gasteiger partial charge in [-0.2, -0.15) is 4.98 Å². The Morgan fingerprint density at radius 1 is 1.71 bits per heavy atom. The lowest BCUT2D eigenvalue weighted by Gasteiger charge is -1.72. The average molecular weight is 97.1 g/mol. The molecule has 0 saturated heterocycles. The van der Waals surface area contributed by atoms with Crippen LogP contribution in [0.4, 0.5) is 0 Å². The molecule has 1 aromatic rings. The van der Waals surface area contributed by atoms with Crippen molar-refractivity contribution in [2.45, 2.75) is 0 Å². The summed E-state index contributed by atoms with van der Waals surface area (Å²) in [5.74, 6) is 0. The number of hydrogen-bond donors (Lipinski definition) is 1. The maximum Gasteiger partial charge on any atom is 0.347 e. The Morgan fingerprint density at radius 3 is 2.86 bits per heavy atom. The molecule has 0 amide bonds. The van der Waals surface area contributed by atoms with E-state index in [1.165, 1.54) is 12.7 Å². The van der Waals surface area contributed by atoms with E-state index in [-0.39, 0.29) is 5.69 Å². The van der Waals surface area contributed by atoms with Crippen LogP contribution in [-0.4, -0.2) is 15.0 Å². The molecular formula is C3H3N3O. The number of aromatic nitrogens is 3. The first-order valence-electron chi connectivity index (χ1n) is 1.74. The lowest BCUT2D eigenvalue weighted by molar-refractivity contribution is 0.985. The highest BCUT2D eigenvalue weighted by Crippen LogP contribution is 1.49. The minimum atomic E-state index is -0.366. The standard InChI is InChI=1S/C3H3N3O/c7-3-5-1-4-2-6-3/h1-2H,(H,4,5,6,7). The fourth-order valence-electron chi connectivity index (χ4n) is 0.249. The van der Waals surface area contributed by atoms with Crippen LogP contribution in [0.1, 0.15) is 0 Å². The number of aromatic amines is 1. The molecule has 1 N–H and O–H groups in total. The largest absolute Gasteiger partial charge is 0.347 e. The fourth-order valence-corrected chi connectivity index (χ4v) is 0.249. The zero-order valence-corrected chi connectivity index (χ0v) is 3.46. The summed E-state index contributed by atoms with van der Waals surface area (Å²) < 4.78 is 0. The van der Waals surface area contributed by atoms with Crippen molar-refractivity contribution >= 4 is 0 Å². The molecular weight excluding hydrogens is 94.1 g/mol. The molecule has 0 aliphatic carbocycles. The Bertz CT molecular complexity index is 176. The summed E-state index contributed by atoms with van der Waals surface area (Å²) in [5.41, 5.74) is -0.366. The highest BCUT2D eigenvalue weighted by molar-refractivity contribution is 4.55. The van der Waals surface area contributed by atoms with Gasteiger partial charge in [0.05, 0.1) is 6.33 Å². The first-order valence-corrected chi connectivity index (χ1v) is 1.74. The van der Waals surface area contributed by atoms with E-state index in [0.29, 0.717) is 0 Å². The highest BCUT2D eigenvalue weighted by Gasteiger charge is 1.71. The monoisotopic (exact) mass is 97.0 g/mol. The molecule has 0 aliphatic heterocycles. The van der Waals surface area contributed by atoms with Crippen LogP contribution in [0.2, 0.25) is 0 Å². The van der Waals surface area contributed by atoms with Gasteiger partial charge in [0.25, 0.3) is 0 Å². The Labute approximate surface area is 39.3 Å². The van der Waals surface area contributed by atoms with Crippen LogP contribution in [-0.2, 0) is 0 Å². The molecule has 4 heteroatoms. The molecule has 1 rings (SSSR count). The van der Waals surface area contributed by atoms with Crippen molar-refractivity contribution in [3.8, 4) is 0 Å². The number of nitrogens with one attached hydrogen (secondary N) is 1. The summed E-state index contributed by atoms with van der Waals surface area (Å²) >= 11 is 0. The van der Waals surface area contributed by atoms with E-state index in [1.54, 1.807) is 0 Å². The SMILES string of the molecule is O=c1ncnc[nH]1. The minimum Gasteiger partial charge on any atom is -0.296 e. The van der Waals surface area contributed by atoms with Crippen LogP contribution in [0.3, 0.4) is 0 Å². The average Bonchev–Trinajstić information content (AvgIpc) is 1.69. The zero-order chi connectivity index (χ0) is 5.11. The first kappa shape index (κ1) is 3.98. The van der Waals surface area contributed by atoms with E-state index < -0.39 is 0 Å². The van der Waals surface area contributed by atoms with Crippen molar-refractivity contribution < 1.29 is 0 Å². The maximum atomic E-state index is 10.1. The van der Waals surface area contributed by atoms with Gasteiger partial charge in [0.1, 0.15) is 6.33 Å². The highest BCUT2D eigenvalue weighted by atomic mass is 16.1. The van der Waals surface area contributed by atoms with Gasteiger partial charge >= 0.3 is 5.69 Å². The maximum absolute atomic E-state index is 10.1. The predicted octanol–water partition coefficient (Wildman–Crippen LogP) is -0.835. The number of nitrogens with zero attached hydrogens (tertiary/aromatic N) is 2. The van der Waals surface area contributed by atoms with Crippen LogP contribution < -0.4 is 5.69 Å². The predicted molar refractivity (Wildman–Crippen MR) is 22.7 cm³/mol. The normalized spacial score (nSPS) is 8.57. The van der Waals surface area contributed by atoms with Gasteiger partial charge in [0.2, 0.25) is 0 Å². The molecule has 0 aliphatic rings. The van der Waals surface area contributed by atoms with Crippen molar-refractivity contribution in [1.82, 2.24) is 15.0 Å². The molecule has 0 fully saturated rings. The van der Waals surface area contributed by atoms with E-state index in [0.717, 1.165) is 0 Å². The number of rotatable bonds is 0. The molecule has 0 bridgehead atoms. The molecule has 1 heterocycles. The molecule has 0 aromatic carbocycles. The van der Waals surface area contributed by atoms with Gasteiger partial charge < -0.3 is 0 Å². The van der Waals surface area contributed by atoms with E-state index in [4.69, 9.17) is 0 Å². The van der Waals surface area contributed by atoms with Gasteiger partial charge in [-0.1, -0.05) is 0 Å². The van der Waals surface area contributed by atoms with Crippen LogP contribution in [0, 0.1) is 0 Å². The van der Waals surface area contributed by atoms with Crippen LogP contribution >= 0.6 is 0 Å². The van der Waals surface area contributed by atoms with Crippen molar-refractivity contribution in [1.29, 1.82) is 0 Å². The van der Waals surface area contributed by atoms with Gasteiger partial charge in [-0.05, 0) is 0 Å². The summed E-state index contributed by atoms with van der Waals surface area (Å²) in [7, 11) is 0. The second-order valence-electron chi connectivity index (χ2n) is 0.972. The van der Waals surface area contributed by atoms with E-state index in [2.05, 4.69) is 15.0 Å². The van der Waals surface area contributed by atoms with Gasteiger partial charge in [0, 0.05) is 0 Å². The molecule has 0 spiro atoms. The minimum absolute atomic E-state index is 0.366. The van der Waals surface area contributed by atoms with Crippen LogP contribution in [0.25, 0.3) is 0 Å². The molecule has 36 valence electrons. The first-order chi connectivity index (χ1) is 3.39. The Kier molecular flexibility index (Phi) is 0.856. The molecule has 0 atom stereocenters. The van der Waals surface area contributed by atoms with E-state index >= 15 is 0 Å². The summed E-state index contributed by atoms with van der Waals surface area (Å²) in [6.45, 7) is 0. The summed E-state index contributed by atoms with van der Waals surface area (Å²) in [6, 6.07) is 0. The van der Waals surface area contributed by atoms with Gasteiger partial charge in [-0.15, -0.1) is 0 Å². The van der Waals surface area contributed by atoms with Gasteiger partial charge in [-0.25, -0.2) is 9.78 Å². The summed E-state index contributed by atoms with van der Waals surface area (Å²) in [4.78, 5) is 19.1. The molecule has 7 heavy (non-hydrogen) atoms. The fraction of sp³-hybridized carbons (Fsp3) is 0. The summed E-state index contributed by atoms with van der Waals surface area (Å²) in [6.07, 6.45) is 2.48.